The van der Waals surface area contributed by atoms with Gasteiger partial charge in [-0.25, -0.2) is 4.79 Å². The van der Waals surface area contributed by atoms with Gasteiger partial charge in [0.25, 0.3) is 0 Å². The quantitative estimate of drug-likeness (QED) is 0.609. The average molecular weight is 236 g/mol. The standard InChI is InChI=1S/C13H20N2O2/c1-4-9(3)15-12-7-6-10(8-11(12)14)13(16)17-5-2/h6-9,15H,4-5,14H2,1-3H3/t9-/m0/s1. The molecular weight excluding hydrogens is 216 g/mol. The van der Waals surface area contributed by atoms with Crippen LogP contribution < -0.4 is 11.1 Å². The first-order chi connectivity index (χ1) is 8.08. The topological polar surface area (TPSA) is 64.3 Å². The third-order valence-corrected chi connectivity index (χ3v) is 2.58. The Labute approximate surface area is 102 Å². The summed E-state index contributed by atoms with van der Waals surface area (Å²) >= 11 is 0. The second-order valence-corrected chi connectivity index (χ2v) is 3.98. The highest BCUT2D eigenvalue weighted by Gasteiger charge is 2.09. The zero-order valence-corrected chi connectivity index (χ0v) is 10.6. The maximum atomic E-state index is 11.5. The minimum Gasteiger partial charge on any atom is -0.462 e. The van der Waals surface area contributed by atoms with Crippen LogP contribution in [0.1, 0.15) is 37.6 Å². The van der Waals surface area contributed by atoms with Gasteiger partial charge in [-0.1, -0.05) is 6.92 Å². The Morgan fingerprint density at radius 1 is 1.47 bits per heavy atom. The van der Waals surface area contributed by atoms with E-state index in [1.807, 2.05) is 6.07 Å². The van der Waals surface area contributed by atoms with Crippen molar-refractivity contribution in [2.75, 3.05) is 17.7 Å². The van der Waals surface area contributed by atoms with E-state index in [1.165, 1.54) is 0 Å². The Morgan fingerprint density at radius 3 is 2.71 bits per heavy atom. The van der Waals surface area contributed by atoms with Gasteiger partial charge >= 0.3 is 5.97 Å². The van der Waals surface area contributed by atoms with Crippen molar-refractivity contribution in [1.82, 2.24) is 0 Å². The van der Waals surface area contributed by atoms with Crippen LogP contribution in [0.5, 0.6) is 0 Å². The van der Waals surface area contributed by atoms with Gasteiger partial charge in [0.05, 0.1) is 23.5 Å². The van der Waals surface area contributed by atoms with Crippen LogP contribution in [0.2, 0.25) is 0 Å². The Morgan fingerprint density at radius 2 is 2.18 bits per heavy atom. The summed E-state index contributed by atoms with van der Waals surface area (Å²) in [6.45, 7) is 6.32. The Bertz CT molecular complexity index is 391. The highest BCUT2D eigenvalue weighted by atomic mass is 16.5. The van der Waals surface area contributed by atoms with E-state index in [1.54, 1.807) is 19.1 Å². The number of nitrogen functional groups attached to an aromatic ring is 1. The van der Waals surface area contributed by atoms with Crippen molar-refractivity contribution in [3.05, 3.63) is 23.8 Å². The van der Waals surface area contributed by atoms with E-state index in [-0.39, 0.29) is 5.97 Å². The molecule has 3 N–H and O–H groups in total. The summed E-state index contributed by atoms with van der Waals surface area (Å²) in [7, 11) is 0. The molecule has 0 heterocycles. The lowest BCUT2D eigenvalue weighted by Gasteiger charge is -2.15. The summed E-state index contributed by atoms with van der Waals surface area (Å²) in [5, 5.41) is 3.28. The fourth-order valence-corrected chi connectivity index (χ4v) is 1.40. The van der Waals surface area contributed by atoms with Crippen molar-refractivity contribution in [3.63, 3.8) is 0 Å². The van der Waals surface area contributed by atoms with Crippen molar-refractivity contribution in [3.8, 4) is 0 Å². The molecule has 1 aromatic carbocycles. The fourth-order valence-electron chi connectivity index (χ4n) is 1.40. The number of anilines is 2. The number of nitrogens with one attached hydrogen (secondary N) is 1. The molecule has 0 saturated carbocycles. The van der Waals surface area contributed by atoms with E-state index in [0.29, 0.717) is 23.9 Å². The predicted molar refractivity (Wildman–Crippen MR) is 70.2 cm³/mol. The maximum absolute atomic E-state index is 11.5. The Balaban J connectivity index is 2.82. The molecule has 0 amide bonds. The highest BCUT2D eigenvalue weighted by Crippen LogP contribution is 2.21. The maximum Gasteiger partial charge on any atom is 0.338 e. The number of carbonyl (C=O) groups is 1. The molecule has 94 valence electrons. The number of esters is 1. The molecule has 0 aromatic heterocycles. The third kappa shape index (κ3) is 3.66. The van der Waals surface area contributed by atoms with Gasteiger partial charge in [-0.15, -0.1) is 0 Å². The number of rotatable bonds is 5. The molecule has 0 aliphatic rings. The first-order valence-electron chi connectivity index (χ1n) is 5.91. The lowest BCUT2D eigenvalue weighted by Crippen LogP contribution is -2.15. The molecule has 1 aromatic rings. The smallest absolute Gasteiger partial charge is 0.338 e. The molecule has 1 rings (SSSR count). The molecule has 4 nitrogen and oxygen atoms in total. The third-order valence-electron chi connectivity index (χ3n) is 2.58. The van der Waals surface area contributed by atoms with E-state index in [0.717, 1.165) is 12.1 Å². The van der Waals surface area contributed by atoms with Crippen molar-refractivity contribution in [2.45, 2.75) is 33.2 Å². The molecule has 4 heteroatoms. The van der Waals surface area contributed by atoms with Gasteiger partial charge in [0.15, 0.2) is 0 Å². The molecule has 0 spiro atoms. The summed E-state index contributed by atoms with van der Waals surface area (Å²) in [6, 6.07) is 5.53. The molecule has 0 aliphatic heterocycles. The van der Waals surface area contributed by atoms with Crippen LogP contribution in [0.4, 0.5) is 11.4 Å². The molecule has 0 aliphatic carbocycles. The second kappa shape index (κ2) is 6.13. The zero-order chi connectivity index (χ0) is 12.8. The molecular formula is C13H20N2O2. The van der Waals surface area contributed by atoms with Crippen LogP contribution in [-0.4, -0.2) is 18.6 Å². The molecule has 0 fully saturated rings. The van der Waals surface area contributed by atoms with Gasteiger partial charge in [0.1, 0.15) is 0 Å². The second-order valence-electron chi connectivity index (χ2n) is 3.98. The zero-order valence-electron chi connectivity index (χ0n) is 10.6. The molecule has 0 unspecified atom stereocenters. The SMILES string of the molecule is CCOC(=O)c1ccc(N[C@@H](C)CC)c(N)c1. The largest absolute Gasteiger partial charge is 0.462 e. The lowest BCUT2D eigenvalue weighted by atomic mass is 10.1. The minimum absolute atomic E-state index is 0.339. The van der Waals surface area contributed by atoms with Crippen LogP contribution in [0.25, 0.3) is 0 Å². The van der Waals surface area contributed by atoms with E-state index in [4.69, 9.17) is 10.5 Å². The van der Waals surface area contributed by atoms with Crippen LogP contribution in [0.3, 0.4) is 0 Å². The highest BCUT2D eigenvalue weighted by molar-refractivity contribution is 5.91. The molecule has 0 bridgehead atoms. The Kier molecular flexibility index (Phi) is 4.82. The van der Waals surface area contributed by atoms with Gasteiger partial charge < -0.3 is 15.8 Å². The Hall–Kier alpha value is -1.71. The number of hydrogen-bond donors (Lipinski definition) is 2. The fraction of sp³-hybridized carbons (Fsp3) is 0.462. The number of carbonyl (C=O) groups excluding carboxylic acids is 1. The monoisotopic (exact) mass is 236 g/mol. The normalized spacial score (nSPS) is 11.9. The summed E-state index contributed by atoms with van der Waals surface area (Å²) in [5.41, 5.74) is 7.79. The van der Waals surface area contributed by atoms with Gasteiger partial charge in [-0.05, 0) is 38.5 Å². The van der Waals surface area contributed by atoms with Crippen LogP contribution >= 0.6 is 0 Å². The number of nitrogens with two attached hydrogens (primary N) is 1. The predicted octanol–water partition coefficient (Wildman–Crippen LogP) is 2.66. The number of benzene rings is 1. The van der Waals surface area contributed by atoms with E-state index in [9.17, 15) is 4.79 Å². The average Bonchev–Trinajstić information content (AvgIpc) is 2.31. The summed E-state index contributed by atoms with van der Waals surface area (Å²) in [6.07, 6.45) is 1.01. The minimum atomic E-state index is -0.339. The van der Waals surface area contributed by atoms with Crippen LogP contribution in [-0.2, 0) is 4.74 Å². The molecule has 1 atom stereocenters. The van der Waals surface area contributed by atoms with Crippen molar-refractivity contribution in [2.24, 2.45) is 0 Å². The summed E-state index contributed by atoms with van der Waals surface area (Å²) < 4.78 is 4.91. The van der Waals surface area contributed by atoms with E-state index >= 15 is 0 Å². The first kappa shape index (κ1) is 13.4. The van der Waals surface area contributed by atoms with Crippen LogP contribution in [0, 0.1) is 0 Å². The van der Waals surface area contributed by atoms with Crippen molar-refractivity contribution in [1.29, 1.82) is 0 Å². The van der Waals surface area contributed by atoms with Crippen molar-refractivity contribution >= 4 is 17.3 Å². The molecule has 0 radical (unpaired) electrons. The number of hydrogen-bond acceptors (Lipinski definition) is 4. The lowest BCUT2D eigenvalue weighted by molar-refractivity contribution is 0.0526. The first-order valence-corrected chi connectivity index (χ1v) is 5.91. The van der Waals surface area contributed by atoms with E-state index < -0.39 is 0 Å². The van der Waals surface area contributed by atoms with E-state index in [2.05, 4.69) is 19.2 Å². The van der Waals surface area contributed by atoms with Gasteiger partial charge in [0, 0.05) is 6.04 Å². The summed E-state index contributed by atoms with van der Waals surface area (Å²) in [4.78, 5) is 11.5. The molecule has 17 heavy (non-hydrogen) atoms. The molecule has 0 saturated heterocycles. The van der Waals surface area contributed by atoms with Gasteiger partial charge in [-0.3, -0.25) is 0 Å². The summed E-state index contributed by atoms with van der Waals surface area (Å²) in [5.74, 6) is -0.339. The van der Waals surface area contributed by atoms with Crippen molar-refractivity contribution < 1.29 is 9.53 Å². The number of ether oxygens (including phenoxy) is 1. The van der Waals surface area contributed by atoms with Crippen LogP contribution in [0.15, 0.2) is 18.2 Å². The van der Waals surface area contributed by atoms with Gasteiger partial charge in [-0.2, -0.15) is 0 Å². The van der Waals surface area contributed by atoms with Gasteiger partial charge in [0.2, 0.25) is 0 Å².